The standard InChI is InChI=1S/C13H23NO2S/c1-2-17-8-7-14-11-6-4-3-5-10(11)9-12(14)13(15)16/h10-12H,2-9H2,1H3,(H,15,16). The quantitative estimate of drug-likeness (QED) is 0.768. The number of hydrogen-bond donors (Lipinski definition) is 1. The van der Waals surface area contributed by atoms with Gasteiger partial charge in [0.1, 0.15) is 6.04 Å². The normalized spacial score (nSPS) is 33.6. The van der Waals surface area contributed by atoms with E-state index in [0.29, 0.717) is 12.0 Å². The molecule has 0 aromatic rings. The van der Waals surface area contributed by atoms with Crippen molar-refractivity contribution in [3.8, 4) is 0 Å². The van der Waals surface area contributed by atoms with Crippen LogP contribution in [-0.4, -0.2) is 46.1 Å². The highest BCUT2D eigenvalue weighted by molar-refractivity contribution is 7.99. The van der Waals surface area contributed by atoms with Crippen molar-refractivity contribution < 1.29 is 9.90 Å². The van der Waals surface area contributed by atoms with E-state index in [2.05, 4.69) is 11.8 Å². The van der Waals surface area contributed by atoms with E-state index in [4.69, 9.17) is 0 Å². The lowest BCUT2D eigenvalue weighted by atomic mass is 9.85. The van der Waals surface area contributed by atoms with Gasteiger partial charge in [0, 0.05) is 18.3 Å². The van der Waals surface area contributed by atoms with Gasteiger partial charge in [-0.25, -0.2) is 0 Å². The van der Waals surface area contributed by atoms with Crippen molar-refractivity contribution >= 4 is 17.7 Å². The van der Waals surface area contributed by atoms with Crippen molar-refractivity contribution in [2.75, 3.05) is 18.1 Å². The summed E-state index contributed by atoms with van der Waals surface area (Å²) in [6, 6.07) is 0.350. The smallest absolute Gasteiger partial charge is 0.320 e. The fourth-order valence-corrected chi connectivity index (χ4v) is 4.06. The van der Waals surface area contributed by atoms with Gasteiger partial charge in [0.15, 0.2) is 0 Å². The largest absolute Gasteiger partial charge is 0.480 e. The third-order valence-electron chi connectivity index (χ3n) is 4.20. The Morgan fingerprint density at radius 3 is 2.88 bits per heavy atom. The fraction of sp³-hybridized carbons (Fsp3) is 0.923. The van der Waals surface area contributed by atoms with Gasteiger partial charge in [-0.15, -0.1) is 0 Å². The van der Waals surface area contributed by atoms with Crippen LogP contribution in [0.15, 0.2) is 0 Å². The van der Waals surface area contributed by atoms with Crippen LogP contribution in [0.5, 0.6) is 0 Å². The summed E-state index contributed by atoms with van der Waals surface area (Å²) in [7, 11) is 0. The van der Waals surface area contributed by atoms with Crippen molar-refractivity contribution in [3.63, 3.8) is 0 Å². The average Bonchev–Trinajstić information content (AvgIpc) is 2.69. The number of aliphatic carboxylic acids is 1. The molecule has 1 saturated carbocycles. The maximum atomic E-state index is 11.3. The third-order valence-corrected chi connectivity index (χ3v) is 5.08. The molecule has 2 fully saturated rings. The maximum absolute atomic E-state index is 11.3. The summed E-state index contributed by atoms with van der Waals surface area (Å²) in [5.41, 5.74) is 0. The number of nitrogens with zero attached hydrogens (tertiary/aromatic N) is 1. The van der Waals surface area contributed by atoms with Crippen molar-refractivity contribution in [2.45, 2.75) is 51.1 Å². The number of carboxylic acid groups (broad SMARTS) is 1. The molecule has 98 valence electrons. The monoisotopic (exact) mass is 257 g/mol. The van der Waals surface area contributed by atoms with E-state index in [1.807, 2.05) is 11.8 Å². The van der Waals surface area contributed by atoms with Crippen LogP contribution in [0, 0.1) is 5.92 Å². The topological polar surface area (TPSA) is 40.5 Å². The highest BCUT2D eigenvalue weighted by Crippen LogP contribution is 2.39. The Labute approximate surface area is 108 Å². The van der Waals surface area contributed by atoms with Gasteiger partial charge in [-0.05, 0) is 30.9 Å². The van der Waals surface area contributed by atoms with Crippen molar-refractivity contribution in [3.05, 3.63) is 0 Å². The van der Waals surface area contributed by atoms with E-state index in [1.165, 1.54) is 25.7 Å². The zero-order chi connectivity index (χ0) is 12.3. The van der Waals surface area contributed by atoms with E-state index >= 15 is 0 Å². The molecule has 0 aromatic carbocycles. The number of hydrogen-bond acceptors (Lipinski definition) is 3. The van der Waals surface area contributed by atoms with Gasteiger partial charge < -0.3 is 5.11 Å². The predicted molar refractivity (Wildman–Crippen MR) is 71.5 cm³/mol. The van der Waals surface area contributed by atoms with Crippen molar-refractivity contribution in [2.24, 2.45) is 5.92 Å². The van der Waals surface area contributed by atoms with Crippen LogP contribution in [0.1, 0.15) is 39.0 Å². The van der Waals surface area contributed by atoms with Crippen LogP contribution in [0.3, 0.4) is 0 Å². The number of carbonyl (C=O) groups is 1. The van der Waals surface area contributed by atoms with Crippen molar-refractivity contribution in [1.82, 2.24) is 4.90 Å². The molecule has 3 nitrogen and oxygen atoms in total. The molecule has 1 aliphatic carbocycles. The van der Waals surface area contributed by atoms with Crippen LogP contribution in [0.4, 0.5) is 0 Å². The summed E-state index contributed by atoms with van der Waals surface area (Å²) in [6.45, 7) is 3.11. The van der Waals surface area contributed by atoms with Crippen molar-refractivity contribution in [1.29, 1.82) is 0 Å². The Kier molecular flexibility index (Phi) is 4.74. The molecular formula is C13H23NO2S. The number of thioether (sulfide) groups is 1. The van der Waals surface area contributed by atoms with Crippen LogP contribution in [0.2, 0.25) is 0 Å². The zero-order valence-electron chi connectivity index (χ0n) is 10.6. The summed E-state index contributed by atoms with van der Waals surface area (Å²) in [5, 5.41) is 9.34. The maximum Gasteiger partial charge on any atom is 0.320 e. The van der Waals surface area contributed by atoms with Gasteiger partial charge in [0.25, 0.3) is 0 Å². The predicted octanol–water partition coefficient (Wildman–Crippen LogP) is 2.46. The number of likely N-dealkylation sites (tertiary alicyclic amines) is 1. The Balaban J connectivity index is 1.98. The minimum atomic E-state index is -0.610. The first-order valence-electron chi connectivity index (χ1n) is 6.80. The second kappa shape index (κ2) is 6.10. The SMILES string of the molecule is CCSCCN1C(C(=O)O)CC2CCCCC21. The van der Waals surface area contributed by atoms with E-state index in [1.54, 1.807) is 0 Å². The molecule has 1 heterocycles. The molecule has 0 radical (unpaired) electrons. The average molecular weight is 257 g/mol. The molecule has 3 atom stereocenters. The van der Waals surface area contributed by atoms with E-state index in [-0.39, 0.29) is 6.04 Å². The molecule has 2 rings (SSSR count). The van der Waals surface area contributed by atoms with Gasteiger partial charge >= 0.3 is 5.97 Å². The Morgan fingerprint density at radius 2 is 2.18 bits per heavy atom. The molecule has 0 aromatic heterocycles. The van der Waals surface area contributed by atoms with Gasteiger partial charge in [-0.3, -0.25) is 9.69 Å². The number of carboxylic acids is 1. The van der Waals surface area contributed by atoms with Crippen LogP contribution < -0.4 is 0 Å². The van der Waals surface area contributed by atoms with Crippen LogP contribution in [-0.2, 0) is 4.79 Å². The Bertz CT molecular complexity index is 272. The van der Waals surface area contributed by atoms with Crippen LogP contribution in [0.25, 0.3) is 0 Å². The molecule has 1 N–H and O–H groups in total. The molecular weight excluding hydrogens is 234 g/mol. The van der Waals surface area contributed by atoms with E-state index < -0.39 is 5.97 Å². The molecule has 0 bridgehead atoms. The molecule has 0 spiro atoms. The zero-order valence-corrected chi connectivity index (χ0v) is 11.4. The van der Waals surface area contributed by atoms with Gasteiger partial charge in [-0.1, -0.05) is 19.8 Å². The summed E-state index contributed by atoms with van der Waals surface area (Å²) in [6.07, 6.45) is 5.92. The molecule has 2 aliphatic rings. The minimum absolute atomic E-state index is 0.208. The van der Waals surface area contributed by atoms with Gasteiger partial charge in [0.05, 0.1) is 0 Å². The second-order valence-electron chi connectivity index (χ2n) is 5.14. The third kappa shape index (κ3) is 2.97. The summed E-state index contributed by atoms with van der Waals surface area (Å²) in [4.78, 5) is 13.6. The summed E-state index contributed by atoms with van der Waals surface area (Å²) in [5.74, 6) is 2.24. The molecule has 4 heteroatoms. The fourth-order valence-electron chi connectivity index (χ4n) is 3.43. The first-order valence-corrected chi connectivity index (χ1v) is 7.95. The lowest BCUT2D eigenvalue weighted by molar-refractivity contribution is -0.142. The molecule has 1 aliphatic heterocycles. The molecule has 3 unspecified atom stereocenters. The highest BCUT2D eigenvalue weighted by Gasteiger charge is 2.44. The lowest BCUT2D eigenvalue weighted by Gasteiger charge is -2.32. The Hall–Kier alpha value is -0.220. The first-order chi connectivity index (χ1) is 8.24. The summed E-state index contributed by atoms with van der Waals surface area (Å²) < 4.78 is 0. The second-order valence-corrected chi connectivity index (χ2v) is 6.53. The molecule has 17 heavy (non-hydrogen) atoms. The minimum Gasteiger partial charge on any atom is -0.480 e. The van der Waals surface area contributed by atoms with E-state index in [9.17, 15) is 9.90 Å². The van der Waals surface area contributed by atoms with E-state index in [0.717, 1.165) is 24.5 Å². The lowest BCUT2D eigenvalue weighted by Crippen LogP contribution is -2.43. The first kappa shape index (κ1) is 13.2. The summed E-state index contributed by atoms with van der Waals surface area (Å²) >= 11 is 1.91. The van der Waals surface area contributed by atoms with Gasteiger partial charge in [0.2, 0.25) is 0 Å². The molecule has 1 saturated heterocycles. The number of fused-ring (bicyclic) bond motifs is 1. The van der Waals surface area contributed by atoms with Gasteiger partial charge in [-0.2, -0.15) is 11.8 Å². The molecule has 0 amide bonds. The van der Waals surface area contributed by atoms with Crippen LogP contribution >= 0.6 is 11.8 Å². The highest BCUT2D eigenvalue weighted by atomic mass is 32.2. The number of rotatable bonds is 5. The Morgan fingerprint density at radius 1 is 1.41 bits per heavy atom.